The zero-order chi connectivity index (χ0) is 14.7. The van der Waals surface area contributed by atoms with Gasteiger partial charge in [0.15, 0.2) is 0 Å². The Balaban J connectivity index is 1.71. The molecule has 3 aromatic rings. The summed E-state index contributed by atoms with van der Waals surface area (Å²) in [6.45, 7) is 2.06. The number of anilines is 1. The van der Waals surface area contributed by atoms with Gasteiger partial charge in [-0.2, -0.15) is 0 Å². The highest BCUT2D eigenvalue weighted by Gasteiger charge is 2.08. The van der Waals surface area contributed by atoms with Crippen LogP contribution in [0.3, 0.4) is 0 Å². The summed E-state index contributed by atoms with van der Waals surface area (Å²) in [5.74, 6) is 1.36. The van der Waals surface area contributed by atoms with Crippen molar-refractivity contribution in [3.63, 3.8) is 0 Å². The van der Waals surface area contributed by atoms with Crippen molar-refractivity contribution in [3.05, 3.63) is 60.2 Å². The Labute approximate surface area is 127 Å². The van der Waals surface area contributed by atoms with Crippen LogP contribution in [0.15, 0.2) is 58.3 Å². The van der Waals surface area contributed by atoms with Gasteiger partial charge < -0.3 is 10.2 Å². The van der Waals surface area contributed by atoms with E-state index in [0.717, 1.165) is 16.2 Å². The first-order valence-corrected chi connectivity index (χ1v) is 7.54. The normalized spacial score (nSPS) is 10.7. The smallest absolute Gasteiger partial charge is 0.226 e. The molecule has 106 valence electrons. The minimum atomic E-state index is 0.647. The van der Waals surface area contributed by atoms with Gasteiger partial charge in [-0.15, -0.1) is 11.8 Å². The summed E-state index contributed by atoms with van der Waals surface area (Å²) in [5.41, 5.74) is 9.65. The molecule has 21 heavy (non-hydrogen) atoms. The van der Waals surface area contributed by atoms with Gasteiger partial charge in [-0.25, -0.2) is 4.98 Å². The molecule has 5 heteroatoms. The predicted octanol–water partition coefficient (Wildman–Crippen LogP) is 3.92. The Morgan fingerprint density at radius 3 is 2.76 bits per heavy atom. The van der Waals surface area contributed by atoms with E-state index in [4.69, 9.17) is 10.2 Å². The molecule has 2 aromatic heterocycles. The van der Waals surface area contributed by atoms with Crippen molar-refractivity contribution >= 4 is 17.4 Å². The van der Waals surface area contributed by atoms with Gasteiger partial charge in [0, 0.05) is 22.4 Å². The van der Waals surface area contributed by atoms with E-state index >= 15 is 0 Å². The van der Waals surface area contributed by atoms with Crippen LogP contribution in [0.25, 0.3) is 11.5 Å². The number of nitrogen functional groups attached to an aromatic ring is 1. The molecule has 1 aromatic carbocycles. The Hall–Kier alpha value is -2.27. The number of nitrogens with zero attached hydrogens (tertiary/aromatic N) is 2. The van der Waals surface area contributed by atoms with Crippen molar-refractivity contribution in [1.29, 1.82) is 0 Å². The highest BCUT2D eigenvalue weighted by molar-refractivity contribution is 7.98. The Bertz CT molecular complexity index is 737. The van der Waals surface area contributed by atoms with Crippen LogP contribution in [0.4, 0.5) is 5.69 Å². The molecule has 2 N–H and O–H groups in total. The van der Waals surface area contributed by atoms with Crippen LogP contribution in [-0.2, 0) is 5.75 Å². The number of benzene rings is 1. The van der Waals surface area contributed by atoms with E-state index in [2.05, 4.69) is 16.9 Å². The number of oxazole rings is 1. The average Bonchev–Trinajstić information content (AvgIpc) is 2.96. The first kappa shape index (κ1) is 13.7. The standard InChI is InChI=1S/C16H15N3OS/c1-11-2-4-12(5-3-11)16-19-13(9-20-16)10-21-15-6-7-18-8-14(15)17/h2-9H,10,17H2,1H3. The quantitative estimate of drug-likeness (QED) is 0.739. The van der Waals surface area contributed by atoms with Crippen molar-refractivity contribution in [2.75, 3.05) is 5.73 Å². The third-order valence-electron chi connectivity index (χ3n) is 3.04. The third kappa shape index (κ3) is 3.25. The summed E-state index contributed by atoms with van der Waals surface area (Å²) >= 11 is 1.62. The van der Waals surface area contributed by atoms with E-state index in [1.807, 2.05) is 30.3 Å². The molecule has 0 amide bonds. The molecule has 2 heterocycles. The SMILES string of the molecule is Cc1ccc(-c2nc(CSc3ccncc3N)co2)cc1. The average molecular weight is 297 g/mol. The van der Waals surface area contributed by atoms with Crippen molar-refractivity contribution in [3.8, 4) is 11.5 Å². The summed E-state index contributed by atoms with van der Waals surface area (Å²) in [6, 6.07) is 10.0. The van der Waals surface area contributed by atoms with Gasteiger partial charge in [-0.3, -0.25) is 4.98 Å². The fourth-order valence-corrected chi connectivity index (χ4v) is 2.69. The summed E-state index contributed by atoms with van der Waals surface area (Å²) < 4.78 is 5.54. The monoisotopic (exact) mass is 297 g/mol. The van der Waals surface area contributed by atoms with Gasteiger partial charge in [-0.05, 0) is 25.1 Å². The molecule has 0 spiro atoms. The summed E-state index contributed by atoms with van der Waals surface area (Å²) in [5, 5.41) is 0. The number of hydrogen-bond donors (Lipinski definition) is 1. The van der Waals surface area contributed by atoms with Crippen LogP contribution < -0.4 is 5.73 Å². The fourth-order valence-electron chi connectivity index (χ4n) is 1.88. The van der Waals surface area contributed by atoms with Gasteiger partial charge in [-0.1, -0.05) is 17.7 Å². The Morgan fingerprint density at radius 1 is 1.19 bits per heavy atom. The Kier molecular flexibility index (Phi) is 3.92. The van der Waals surface area contributed by atoms with E-state index in [9.17, 15) is 0 Å². The van der Waals surface area contributed by atoms with Crippen LogP contribution in [0.1, 0.15) is 11.3 Å². The fraction of sp³-hybridized carbons (Fsp3) is 0.125. The zero-order valence-corrected chi connectivity index (χ0v) is 12.4. The van der Waals surface area contributed by atoms with Crippen molar-refractivity contribution in [2.24, 2.45) is 0 Å². The summed E-state index contributed by atoms with van der Waals surface area (Å²) in [4.78, 5) is 9.49. The highest BCUT2D eigenvalue weighted by atomic mass is 32.2. The Morgan fingerprint density at radius 2 is 2.00 bits per heavy atom. The molecule has 0 fully saturated rings. The van der Waals surface area contributed by atoms with Crippen LogP contribution in [0.2, 0.25) is 0 Å². The van der Waals surface area contributed by atoms with E-state index in [0.29, 0.717) is 17.3 Å². The lowest BCUT2D eigenvalue weighted by atomic mass is 10.1. The van der Waals surface area contributed by atoms with Crippen molar-refractivity contribution < 1.29 is 4.42 Å². The second-order valence-corrected chi connectivity index (χ2v) is 5.73. The molecule has 0 aliphatic carbocycles. The molecule has 0 aliphatic rings. The largest absolute Gasteiger partial charge is 0.444 e. The number of pyridine rings is 1. The molecule has 0 saturated carbocycles. The first-order valence-electron chi connectivity index (χ1n) is 6.56. The molecule has 0 saturated heterocycles. The second kappa shape index (κ2) is 6.01. The molecule has 0 unspecified atom stereocenters. The molecule has 0 radical (unpaired) electrons. The number of thioether (sulfide) groups is 1. The topological polar surface area (TPSA) is 64.9 Å². The summed E-state index contributed by atoms with van der Waals surface area (Å²) in [7, 11) is 0. The predicted molar refractivity (Wildman–Crippen MR) is 84.9 cm³/mol. The van der Waals surface area contributed by atoms with Crippen molar-refractivity contribution in [2.45, 2.75) is 17.6 Å². The van der Waals surface area contributed by atoms with Crippen molar-refractivity contribution in [1.82, 2.24) is 9.97 Å². The van der Waals surface area contributed by atoms with Gasteiger partial charge >= 0.3 is 0 Å². The number of nitrogens with two attached hydrogens (primary N) is 1. The van der Waals surface area contributed by atoms with Crippen LogP contribution in [-0.4, -0.2) is 9.97 Å². The van der Waals surface area contributed by atoms with Crippen LogP contribution in [0, 0.1) is 6.92 Å². The maximum Gasteiger partial charge on any atom is 0.226 e. The number of hydrogen-bond acceptors (Lipinski definition) is 5. The van der Waals surface area contributed by atoms with E-state index in [1.165, 1.54) is 5.56 Å². The second-order valence-electron chi connectivity index (χ2n) is 4.71. The lowest BCUT2D eigenvalue weighted by Gasteiger charge is -2.01. The maximum absolute atomic E-state index is 5.87. The molecule has 4 nitrogen and oxygen atoms in total. The highest BCUT2D eigenvalue weighted by Crippen LogP contribution is 2.28. The molecular formula is C16H15N3OS. The molecular weight excluding hydrogens is 282 g/mol. The maximum atomic E-state index is 5.87. The van der Waals surface area contributed by atoms with Gasteiger partial charge in [0.05, 0.1) is 17.6 Å². The molecule has 3 rings (SSSR count). The minimum absolute atomic E-state index is 0.647. The van der Waals surface area contributed by atoms with Gasteiger partial charge in [0.25, 0.3) is 0 Å². The van der Waals surface area contributed by atoms with E-state index < -0.39 is 0 Å². The number of rotatable bonds is 4. The third-order valence-corrected chi connectivity index (χ3v) is 4.16. The van der Waals surface area contributed by atoms with Crippen LogP contribution >= 0.6 is 11.8 Å². The van der Waals surface area contributed by atoms with E-state index in [-0.39, 0.29) is 0 Å². The summed E-state index contributed by atoms with van der Waals surface area (Å²) in [6.07, 6.45) is 5.08. The first-order chi connectivity index (χ1) is 10.2. The molecule has 0 aliphatic heterocycles. The van der Waals surface area contributed by atoms with Crippen LogP contribution in [0.5, 0.6) is 0 Å². The van der Waals surface area contributed by atoms with Gasteiger partial charge in [0.2, 0.25) is 5.89 Å². The molecule has 0 bridgehead atoms. The zero-order valence-electron chi connectivity index (χ0n) is 11.6. The number of aryl methyl sites for hydroxylation is 1. The lowest BCUT2D eigenvalue weighted by Crippen LogP contribution is -1.90. The molecule has 0 atom stereocenters. The van der Waals surface area contributed by atoms with Gasteiger partial charge in [0.1, 0.15) is 6.26 Å². The number of aromatic nitrogens is 2. The minimum Gasteiger partial charge on any atom is -0.444 e. The van der Waals surface area contributed by atoms with E-state index in [1.54, 1.807) is 30.4 Å². The lowest BCUT2D eigenvalue weighted by molar-refractivity contribution is 0.573.